The van der Waals surface area contributed by atoms with E-state index < -0.39 is 5.92 Å². The zero-order chi connectivity index (χ0) is 23.8. The van der Waals surface area contributed by atoms with Crippen LogP contribution in [0.3, 0.4) is 0 Å². The van der Waals surface area contributed by atoms with Gasteiger partial charge in [-0.3, -0.25) is 9.59 Å². The predicted molar refractivity (Wildman–Crippen MR) is 130 cm³/mol. The number of ether oxygens (including phenoxy) is 2. The number of benzene rings is 2. The summed E-state index contributed by atoms with van der Waals surface area (Å²) >= 11 is 0. The van der Waals surface area contributed by atoms with Gasteiger partial charge in [-0.2, -0.15) is 0 Å². The van der Waals surface area contributed by atoms with Crippen molar-refractivity contribution in [1.29, 1.82) is 0 Å². The summed E-state index contributed by atoms with van der Waals surface area (Å²) in [5.41, 5.74) is 3.63. The Balaban J connectivity index is 1.66. The zero-order valence-corrected chi connectivity index (χ0v) is 20.4. The Morgan fingerprint density at radius 3 is 2.47 bits per heavy atom. The van der Waals surface area contributed by atoms with Gasteiger partial charge in [-0.05, 0) is 81.3 Å². The fourth-order valence-electron chi connectivity index (χ4n) is 5.94. The fourth-order valence-corrected chi connectivity index (χ4v) is 5.94. The number of likely N-dealkylation sites (tertiary alicyclic amines) is 1. The predicted octanol–water partition coefficient (Wildman–Crippen LogP) is 4.72. The number of rotatable bonds is 5. The number of piperidine rings is 1. The minimum absolute atomic E-state index is 0.00818. The van der Waals surface area contributed by atoms with E-state index in [-0.39, 0.29) is 23.9 Å². The number of fused-ring (bicyclic) bond motifs is 4. The molecule has 2 aromatic rings. The van der Waals surface area contributed by atoms with Gasteiger partial charge >= 0.3 is 0 Å². The third-order valence-corrected chi connectivity index (χ3v) is 7.54. The zero-order valence-electron chi connectivity index (χ0n) is 20.4. The molecule has 3 aliphatic rings. The molecule has 0 saturated carbocycles. The number of hydrogen-bond donors (Lipinski definition) is 0. The summed E-state index contributed by atoms with van der Waals surface area (Å²) in [4.78, 5) is 31.8. The summed E-state index contributed by atoms with van der Waals surface area (Å²) in [6.07, 6.45) is 3.94. The van der Waals surface area contributed by atoms with Crippen LogP contribution in [0.4, 0.5) is 0 Å². The van der Waals surface area contributed by atoms with E-state index >= 15 is 0 Å². The summed E-state index contributed by atoms with van der Waals surface area (Å²) < 4.78 is 11.8. The third-order valence-electron chi connectivity index (χ3n) is 7.54. The van der Waals surface area contributed by atoms with Crippen LogP contribution in [0.5, 0.6) is 11.5 Å². The van der Waals surface area contributed by atoms with Crippen LogP contribution in [-0.4, -0.2) is 54.0 Å². The Morgan fingerprint density at radius 2 is 1.74 bits per heavy atom. The van der Waals surface area contributed by atoms with E-state index in [0.29, 0.717) is 31.1 Å². The highest BCUT2D eigenvalue weighted by Crippen LogP contribution is 2.49. The first kappa shape index (κ1) is 22.8. The molecule has 3 heterocycles. The molecule has 5 rings (SSSR count). The second kappa shape index (κ2) is 9.32. The van der Waals surface area contributed by atoms with Gasteiger partial charge in [-0.15, -0.1) is 0 Å². The maximum Gasteiger partial charge on any atom is 0.254 e. The lowest BCUT2D eigenvalue weighted by Gasteiger charge is -2.47. The lowest BCUT2D eigenvalue weighted by atomic mass is 9.75. The average molecular weight is 463 g/mol. The first-order valence-electron chi connectivity index (χ1n) is 12.7. The maximum absolute atomic E-state index is 14.2. The number of carbonyl (C=O) groups excluding carboxylic acids is 2. The van der Waals surface area contributed by atoms with Crippen LogP contribution in [-0.2, 0) is 11.2 Å². The van der Waals surface area contributed by atoms with E-state index in [1.54, 1.807) is 0 Å². The second-order valence-electron chi connectivity index (χ2n) is 9.50. The molecule has 0 aromatic heterocycles. The van der Waals surface area contributed by atoms with Crippen molar-refractivity contribution >= 4 is 11.8 Å². The topological polar surface area (TPSA) is 59.1 Å². The van der Waals surface area contributed by atoms with Crippen molar-refractivity contribution in [3.8, 4) is 11.5 Å². The molecular weight excluding hydrogens is 428 g/mol. The molecule has 2 aromatic carbocycles. The first-order chi connectivity index (χ1) is 16.5. The molecule has 0 N–H and O–H groups in total. The van der Waals surface area contributed by atoms with Crippen molar-refractivity contribution in [1.82, 2.24) is 9.80 Å². The van der Waals surface area contributed by atoms with Gasteiger partial charge in [0.1, 0.15) is 0 Å². The molecule has 34 heavy (non-hydrogen) atoms. The molecular formula is C28H34N2O4. The van der Waals surface area contributed by atoms with Gasteiger partial charge in [-0.1, -0.05) is 18.2 Å². The van der Waals surface area contributed by atoms with E-state index in [0.717, 1.165) is 54.7 Å². The van der Waals surface area contributed by atoms with Crippen molar-refractivity contribution in [2.75, 3.05) is 26.3 Å². The molecule has 0 aliphatic carbocycles. The van der Waals surface area contributed by atoms with Crippen LogP contribution in [0.2, 0.25) is 0 Å². The molecule has 0 unspecified atom stereocenters. The minimum atomic E-state index is -0.430. The third kappa shape index (κ3) is 3.73. The lowest BCUT2D eigenvalue weighted by molar-refractivity contribution is -0.138. The first-order valence-corrected chi connectivity index (χ1v) is 12.7. The Kier molecular flexibility index (Phi) is 6.24. The quantitative estimate of drug-likeness (QED) is 0.645. The molecule has 0 spiro atoms. The summed E-state index contributed by atoms with van der Waals surface area (Å²) in [5.74, 6) is 1.11. The molecule has 1 fully saturated rings. The van der Waals surface area contributed by atoms with Gasteiger partial charge in [0.2, 0.25) is 5.91 Å². The number of carbonyl (C=O) groups is 2. The molecule has 3 aliphatic heterocycles. The van der Waals surface area contributed by atoms with Gasteiger partial charge in [0, 0.05) is 24.7 Å². The second-order valence-corrected chi connectivity index (χ2v) is 9.50. The molecule has 6 heteroatoms. The van der Waals surface area contributed by atoms with Gasteiger partial charge < -0.3 is 19.3 Å². The maximum atomic E-state index is 14.2. The largest absolute Gasteiger partial charge is 0.490 e. The van der Waals surface area contributed by atoms with Crippen molar-refractivity contribution < 1.29 is 19.1 Å². The SMILES string of the molecule is CCOc1cc2c(cc1OCC)[C@@H]1[C@H](C(=O)N3CCCC[C@@H]3C)c3ccccc3C(=O)N1CC2. The summed E-state index contributed by atoms with van der Waals surface area (Å²) in [5, 5.41) is 0. The Hall–Kier alpha value is -3.02. The van der Waals surface area contributed by atoms with E-state index in [4.69, 9.17) is 9.47 Å². The molecule has 180 valence electrons. The van der Waals surface area contributed by atoms with Gasteiger partial charge in [0.05, 0.1) is 25.2 Å². The van der Waals surface area contributed by atoms with Crippen LogP contribution in [0.1, 0.15) is 79.0 Å². The van der Waals surface area contributed by atoms with E-state index in [2.05, 4.69) is 13.0 Å². The van der Waals surface area contributed by atoms with Crippen LogP contribution in [0.25, 0.3) is 0 Å². The van der Waals surface area contributed by atoms with Crippen LogP contribution in [0.15, 0.2) is 36.4 Å². The number of nitrogens with zero attached hydrogens (tertiary/aromatic N) is 2. The van der Waals surface area contributed by atoms with E-state index in [1.807, 2.05) is 54.0 Å². The van der Waals surface area contributed by atoms with Gasteiger partial charge in [0.25, 0.3) is 5.91 Å². The fraction of sp³-hybridized carbons (Fsp3) is 0.500. The minimum Gasteiger partial charge on any atom is -0.490 e. The standard InChI is InChI=1S/C28H34N2O4/c1-4-33-23-16-19-13-15-30-26(22(19)17-24(23)34-5-2)25(20-11-6-7-12-21(20)27(30)31)28(32)29-14-9-8-10-18(29)3/h6-7,11-12,16-18,25-26H,4-5,8-10,13-15H2,1-3H3/t18-,25+,26+/m0/s1. The van der Waals surface area contributed by atoms with Crippen molar-refractivity contribution in [3.05, 3.63) is 58.7 Å². The molecule has 0 radical (unpaired) electrons. The highest BCUT2D eigenvalue weighted by atomic mass is 16.5. The highest BCUT2D eigenvalue weighted by Gasteiger charge is 2.48. The lowest BCUT2D eigenvalue weighted by Crippen LogP contribution is -2.52. The summed E-state index contributed by atoms with van der Waals surface area (Å²) in [6, 6.07) is 11.6. The van der Waals surface area contributed by atoms with Crippen LogP contribution < -0.4 is 9.47 Å². The number of amides is 2. The smallest absolute Gasteiger partial charge is 0.254 e. The average Bonchev–Trinajstić information content (AvgIpc) is 2.85. The molecule has 6 nitrogen and oxygen atoms in total. The molecule has 3 atom stereocenters. The number of hydrogen-bond acceptors (Lipinski definition) is 4. The van der Waals surface area contributed by atoms with Crippen molar-refractivity contribution in [3.63, 3.8) is 0 Å². The summed E-state index contributed by atoms with van der Waals surface area (Å²) in [6.45, 7) is 8.49. The highest BCUT2D eigenvalue weighted by molar-refractivity contribution is 6.01. The van der Waals surface area contributed by atoms with Gasteiger partial charge in [-0.25, -0.2) is 0 Å². The summed E-state index contributed by atoms with van der Waals surface area (Å²) in [7, 11) is 0. The molecule has 1 saturated heterocycles. The van der Waals surface area contributed by atoms with Crippen LogP contribution >= 0.6 is 0 Å². The monoisotopic (exact) mass is 462 g/mol. The van der Waals surface area contributed by atoms with E-state index in [9.17, 15) is 9.59 Å². The Bertz CT molecular complexity index is 1100. The van der Waals surface area contributed by atoms with Crippen molar-refractivity contribution in [2.45, 2.75) is 64.5 Å². The van der Waals surface area contributed by atoms with Gasteiger partial charge in [0.15, 0.2) is 11.5 Å². The van der Waals surface area contributed by atoms with E-state index in [1.165, 1.54) is 0 Å². The normalized spacial score (nSPS) is 23.6. The van der Waals surface area contributed by atoms with Crippen molar-refractivity contribution in [2.24, 2.45) is 0 Å². The molecule has 0 bridgehead atoms. The molecule has 2 amide bonds. The Morgan fingerprint density at radius 1 is 1.00 bits per heavy atom. The Labute approximate surface area is 201 Å². The van der Waals surface area contributed by atoms with Crippen LogP contribution in [0, 0.1) is 0 Å².